The Bertz CT molecular complexity index is 411. The average Bonchev–Trinajstić information content (AvgIpc) is 2.46. The zero-order valence-corrected chi connectivity index (χ0v) is 11.8. The third-order valence-electron chi connectivity index (χ3n) is 3.79. The Balaban J connectivity index is 1.76. The number of hydrogen-bond acceptors (Lipinski definition) is 3. The van der Waals surface area contributed by atoms with Gasteiger partial charge in [0.05, 0.1) is 0 Å². The summed E-state index contributed by atoms with van der Waals surface area (Å²) in [7, 11) is 0. The number of piperidine rings is 1. The normalized spacial score (nSPS) is 17.6. The molecule has 0 bridgehead atoms. The maximum absolute atomic E-state index is 12.0. The fraction of sp³-hybridized carbons (Fsp3) is 0.533. The van der Waals surface area contributed by atoms with Crippen molar-refractivity contribution in [1.29, 1.82) is 0 Å². The Labute approximate surface area is 119 Å². The fourth-order valence-electron chi connectivity index (χ4n) is 2.43. The lowest BCUT2D eigenvalue weighted by atomic mass is 9.97. The zero-order chi connectivity index (χ0) is 13.7. The van der Waals surface area contributed by atoms with Crippen LogP contribution < -0.4 is 0 Å². The van der Waals surface area contributed by atoms with Crippen molar-refractivity contribution in [2.75, 3.05) is 26.2 Å². The van der Waals surface area contributed by atoms with Crippen LogP contribution in [0.5, 0.6) is 0 Å². The third kappa shape index (κ3) is 4.30. The molecule has 1 aliphatic heterocycles. The molecule has 0 radical (unpaired) electrons. The second kappa shape index (κ2) is 7.04. The minimum absolute atomic E-state index is 0.168. The first-order valence-electron chi connectivity index (χ1n) is 6.81. The van der Waals surface area contributed by atoms with Gasteiger partial charge in [0.15, 0.2) is 5.78 Å². The number of aliphatic hydroxyl groups is 1. The monoisotopic (exact) mass is 281 g/mol. The lowest BCUT2D eigenvalue weighted by Gasteiger charge is -2.30. The number of ketones is 1. The number of benzene rings is 1. The van der Waals surface area contributed by atoms with E-state index in [1.165, 1.54) is 0 Å². The van der Waals surface area contributed by atoms with Crippen molar-refractivity contribution in [3.63, 3.8) is 0 Å². The summed E-state index contributed by atoms with van der Waals surface area (Å²) >= 11 is 5.80. The van der Waals surface area contributed by atoms with Gasteiger partial charge in [-0.1, -0.05) is 11.6 Å². The molecule has 4 heteroatoms. The summed E-state index contributed by atoms with van der Waals surface area (Å²) in [4.78, 5) is 14.3. The first-order chi connectivity index (χ1) is 9.19. The smallest absolute Gasteiger partial charge is 0.164 e. The number of nitrogens with zero attached hydrogens (tertiary/aromatic N) is 1. The standard InChI is InChI=1S/C15H20ClNO2/c16-14-3-1-13(2-4-14)15(19)7-10-17-8-5-12(11-18)6-9-17/h1-4,12,18H,5-11H2. The van der Waals surface area contributed by atoms with Crippen LogP contribution in [0.15, 0.2) is 24.3 Å². The van der Waals surface area contributed by atoms with E-state index in [2.05, 4.69) is 4.90 Å². The van der Waals surface area contributed by atoms with E-state index < -0.39 is 0 Å². The number of Topliss-reactive ketones (excluding diaryl/α,β-unsaturated/α-hetero) is 1. The number of carbonyl (C=O) groups excluding carboxylic acids is 1. The molecule has 1 aromatic carbocycles. The van der Waals surface area contributed by atoms with Crippen LogP contribution in [0.3, 0.4) is 0 Å². The molecular weight excluding hydrogens is 262 g/mol. The molecule has 3 nitrogen and oxygen atoms in total. The van der Waals surface area contributed by atoms with Crippen LogP contribution in [-0.2, 0) is 0 Å². The maximum Gasteiger partial charge on any atom is 0.164 e. The molecule has 1 aliphatic rings. The second-order valence-corrected chi connectivity index (χ2v) is 5.58. The van der Waals surface area contributed by atoms with Gasteiger partial charge in [0.2, 0.25) is 0 Å². The third-order valence-corrected chi connectivity index (χ3v) is 4.04. The molecule has 0 amide bonds. The second-order valence-electron chi connectivity index (χ2n) is 5.15. The predicted molar refractivity (Wildman–Crippen MR) is 76.6 cm³/mol. The lowest BCUT2D eigenvalue weighted by molar-refractivity contribution is 0.0933. The van der Waals surface area contributed by atoms with Gasteiger partial charge in [0.25, 0.3) is 0 Å². The SMILES string of the molecule is O=C(CCN1CCC(CO)CC1)c1ccc(Cl)cc1. The summed E-state index contributed by atoms with van der Waals surface area (Å²) in [6.07, 6.45) is 2.61. The highest BCUT2D eigenvalue weighted by Gasteiger charge is 2.18. The van der Waals surface area contributed by atoms with Crippen LogP contribution in [0.4, 0.5) is 0 Å². The molecule has 1 aromatic rings. The van der Waals surface area contributed by atoms with E-state index in [1.54, 1.807) is 24.3 Å². The molecule has 0 spiro atoms. The number of aliphatic hydroxyl groups excluding tert-OH is 1. The van der Waals surface area contributed by atoms with Crippen LogP contribution in [0, 0.1) is 5.92 Å². The van der Waals surface area contributed by atoms with Gasteiger partial charge in [-0.15, -0.1) is 0 Å². The van der Waals surface area contributed by atoms with Crippen molar-refractivity contribution in [3.05, 3.63) is 34.9 Å². The Morgan fingerprint density at radius 1 is 1.26 bits per heavy atom. The Hall–Kier alpha value is -0.900. The number of likely N-dealkylation sites (tertiary alicyclic amines) is 1. The average molecular weight is 282 g/mol. The van der Waals surface area contributed by atoms with E-state index in [-0.39, 0.29) is 12.4 Å². The van der Waals surface area contributed by atoms with Gasteiger partial charge >= 0.3 is 0 Å². The van der Waals surface area contributed by atoms with Gasteiger partial charge in [-0.2, -0.15) is 0 Å². The molecular formula is C15H20ClNO2. The van der Waals surface area contributed by atoms with Gasteiger partial charge < -0.3 is 10.0 Å². The first kappa shape index (κ1) is 14.5. The topological polar surface area (TPSA) is 40.5 Å². The quantitative estimate of drug-likeness (QED) is 0.844. The van der Waals surface area contributed by atoms with E-state index in [1.807, 2.05) is 0 Å². The Morgan fingerprint density at radius 3 is 2.47 bits per heavy atom. The molecule has 0 aromatic heterocycles. The van der Waals surface area contributed by atoms with Crippen molar-refractivity contribution in [1.82, 2.24) is 4.90 Å². The van der Waals surface area contributed by atoms with Gasteiger partial charge in [0.1, 0.15) is 0 Å². The molecule has 2 rings (SSSR count). The largest absolute Gasteiger partial charge is 0.396 e. The van der Waals surface area contributed by atoms with E-state index in [4.69, 9.17) is 16.7 Å². The van der Waals surface area contributed by atoms with Crippen molar-refractivity contribution in [2.45, 2.75) is 19.3 Å². The predicted octanol–water partition coefficient (Wildman–Crippen LogP) is 2.62. The summed E-state index contributed by atoms with van der Waals surface area (Å²) in [6, 6.07) is 7.06. The van der Waals surface area contributed by atoms with Crippen molar-refractivity contribution < 1.29 is 9.90 Å². The van der Waals surface area contributed by atoms with Gasteiger partial charge in [-0.25, -0.2) is 0 Å². The Kier molecular flexibility index (Phi) is 5.37. The molecule has 0 atom stereocenters. The number of carbonyl (C=O) groups is 1. The summed E-state index contributed by atoms with van der Waals surface area (Å²) in [6.45, 7) is 3.06. The maximum atomic E-state index is 12.0. The van der Waals surface area contributed by atoms with Gasteiger partial charge in [-0.05, 0) is 56.1 Å². The van der Waals surface area contributed by atoms with Crippen LogP contribution >= 0.6 is 11.6 Å². The minimum Gasteiger partial charge on any atom is -0.396 e. The summed E-state index contributed by atoms with van der Waals surface area (Å²) < 4.78 is 0. The van der Waals surface area contributed by atoms with Crippen molar-refractivity contribution in [2.24, 2.45) is 5.92 Å². The molecule has 0 aliphatic carbocycles. The molecule has 1 heterocycles. The van der Waals surface area contributed by atoms with Crippen molar-refractivity contribution in [3.8, 4) is 0 Å². The van der Waals surface area contributed by atoms with E-state index in [0.717, 1.165) is 38.0 Å². The summed E-state index contributed by atoms with van der Waals surface area (Å²) in [5.74, 6) is 0.615. The van der Waals surface area contributed by atoms with Gasteiger partial charge in [0, 0.05) is 30.2 Å². The zero-order valence-electron chi connectivity index (χ0n) is 11.0. The fourth-order valence-corrected chi connectivity index (χ4v) is 2.56. The summed E-state index contributed by atoms with van der Waals surface area (Å²) in [5, 5.41) is 9.74. The van der Waals surface area contributed by atoms with Gasteiger partial charge in [-0.3, -0.25) is 4.79 Å². The Morgan fingerprint density at radius 2 is 1.89 bits per heavy atom. The van der Waals surface area contributed by atoms with E-state index in [9.17, 15) is 4.79 Å². The number of rotatable bonds is 5. The van der Waals surface area contributed by atoms with Crippen LogP contribution in [0.1, 0.15) is 29.6 Å². The molecule has 1 fully saturated rings. The number of halogens is 1. The molecule has 1 N–H and O–H groups in total. The minimum atomic E-state index is 0.168. The first-order valence-corrected chi connectivity index (χ1v) is 7.19. The van der Waals surface area contributed by atoms with Crippen molar-refractivity contribution >= 4 is 17.4 Å². The van der Waals surface area contributed by atoms with Crippen LogP contribution in [0.25, 0.3) is 0 Å². The molecule has 0 saturated carbocycles. The number of hydrogen-bond donors (Lipinski definition) is 1. The summed E-state index contributed by atoms with van der Waals surface area (Å²) in [5.41, 5.74) is 0.731. The highest BCUT2D eigenvalue weighted by Crippen LogP contribution is 2.17. The van der Waals surface area contributed by atoms with E-state index >= 15 is 0 Å². The highest BCUT2D eigenvalue weighted by molar-refractivity contribution is 6.30. The molecule has 1 saturated heterocycles. The highest BCUT2D eigenvalue weighted by atomic mass is 35.5. The van der Waals surface area contributed by atoms with E-state index in [0.29, 0.717) is 17.4 Å². The molecule has 19 heavy (non-hydrogen) atoms. The lowest BCUT2D eigenvalue weighted by Crippen LogP contribution is -2.36. The molecule has 0 unspecified atom stereocenters. The molecule has 104 valence electrons. The van der Waals surface area contributed by atoms with Crippen LogP contribution in [-0.4, -0.2) is 42.0 Å². The van der Waals surface area contributed by atoms with Crippen LogP contribution in [0.2, 0.25) is 5.02 Å².